The predicted molar refractivity (Wildman–Crippen MR) is 44.2 cm³/mol. The van der Waals surface area contributed by atoms with Crippen molar-refractivity contribution in [1.82, 2.24) is 0 Å². The van der Waals surface area contributed by atoms with Crippen molar-refractivity contribution in [2.24, 2.45) is 22.7 Å². The average Bonchev–Trinajstić information content (AvgIpc) is 2.38. The summed E-state index contributed by atoms with van der Waals surface area (Å²) in [5, 5.41) is 0. The molecule has 0 aromatic carbocycles. The summed E-state index contributed by atoms with van der Waals surface area (Å²) < 4.78 is 0. The minimum absolute atomic E-state index is 0.333. The summed E-state index contributed by atoms with van der Waals surface area (Å²) in [6, 6.07) is 0. The Morgan fingerprint density at radius 3 is 2.18 bits per heavy atom. The standard InChI is InChI=1S/C10H16O/c1-9(2)7-4-5-10(9,3)8(7)6-11/h6-8H,4-5H2,1-3H3/t7-,8+,10+/m1/s1. The summed E-state index contributed by atoms with van der Waals surface area (Å²) in [4.78, 5) is 10.7. The molecule has 2 bridgehead atoms. The van der Waals surface area contributed by atoms with Crippen molar-refractivity contribution in [1.29, 1.82) is 0 Å². The van der Waals surface area contributed by atoms with E-state index >= 15 is 0 Å². The van der Waals surface area contributed by atoms with E-state index in [9.17, 15) is 4.79 Å². The van der Waals surface area contributed by atoms with E-state index in [1.165, 1.54) is 19.1 Å². The van der Waals surface area contributed by atoms with Crippen LogP contribution in [0.25, 0.3) is 0 Å². The number of carbonyl (C=O) groups is 1. The lowest BCUT2D eigenvalue weighted by Crippen LogP contribution is -2.55. The van der Waals surface area contributed by atoms with Crippen LogP contribution in [0.15, 0.2) is 0 Å². The van der Waals surface area contributed by atoms with Gasteiger partial charge < -0.3 is 4.79 Å². The molecule has 62 valence electrons. The van der Waals surface area contributed by atoms with Gasteiger partial charge in [0.2, 0.25) is 0 Å². The molecule has 0 spiro atoms. The quantitative estimate of drug-likeness (QED) is 0.527. The zero-order valence-corrected chi connectivity index (χ0v) is 7.55. The molecular formula is C10H16O. The molecule has 11 heavy (non-hydrogen) atoms. The van der Waals surface area contributed by atoms with Gasteiger partial charge in [-0.15, -0.1) is 0 Å². The van der Waals surface area contributed by atoms with E-state index in [1.807, 2.05) is 0 Å². The normalized spacial score (nSPS) is 51.9. The molecule has 0 aromatic rings. The second kappa shape index (κ2) is 1.70. The highest BCUT2D eigenvalue weighted by Crippen LogP contribution is 2.72. The summed E-state index contributed by atoms with van der Waals surface area (Å²) in [5.41, 5.74) is 0.762. The van der Waals surface area contributed by atoms with Crippen LogP contribution in [0.2, 0.25) is 0 Å². The topological polar surface area (TPSA) is 17.1 Å². The number of aldehydes is 1. The Hall–Kier alpha value is -0.330. The maximum atomic E-state index is 10.7. The van der Waals surface area contributed by atoms with E-state index in [0.717, 1.165) is 0 Å². The third kappa shape index (κ3) is 0.533. The van der Waals surface area contributed by atoms with Gasteiger partial charge in [-0.2, -0.15) is 0 Å². The summed E-state index contributed by atoms with van der Waals surface area (Å²) in [6.45, 7) is 6.89. The lowest BCUT2D eigenvalue weighted by Gasteiger charge is -2.57. The molecule has 3 saturated carbocycles. The largest absolute Gasteiger partial charge is 0.303 e. The lowest BCUT2D eigenvalue weighted by atomic mass is 9.46. The van der Waals surface area contributed by atoms with Crippen LogP contribution in [0, 0.1) is 22.7 Å². The number of fused-ring (bicyclic) bond motifs is 1. The molecule has 3 rings (SSSR count). The zero-order chi connectivity index (χ0) is 8.28. The first kappa shape index (κ1) is 7.33. The third-order valence-corrected chi connectivity index (χ3v) is 4.69. The van der Waals surface area contributed by atoms with Crippen LogP contribution < -0.4 is 0 Å². The van der Waals surface area contributed by atoms with Crippen molar-refractivity contribution < 1.29 is 4.79 Å². The number of hydrogen-bond donors (Lipinski definition) is 0. The summed E-state index contributed by atoms with van der Waals surface area (Å²) in [6.07, 6.45) is 3.71. The first-order chi connectivity index (χ1) is 5.04. The number of hydrogen-bond acceptors (Lipinski definition) is 1. The van der Waals surface area contributed by atoms with Gasteiger partial charge >= 0.3 is 0 Å². The lowest BCUT2D eigenvalue weighted by molar-refractivity contribution is -0.145. The van der Waals surface area contributed by atoms with Crippen LogP contribution in [-0.2, 0) is 4.79 Å². The van der Waals surface area contributed by atoms with E-state index in [4.69, 9.17) is 0 Å². The second-order valence-electron chi connectivity index (χ2n) is 4.95. The van der Waals surface area contributed by atoms with Gasteiger partial charge in [-0.05, 0) is 29.6 Å². The van der Waals surface area contributed by atoms with Crippen molar-refractivity contribution in [3.8, 4) is 0 Å². The Morgan fingerprint density at radius 1 is 1.36 bits per heavy atom. The minimum atomic E-state index is 0.333. The maximum Gasteiger partial charge on any atom is 0.123 e. The summed E-state index contributed by atoms with van der Waals surface area (Å²) >= 11 is 0. The fourth-order valence-electron chi connectivity index (χ4n) is 3.38. The molecule has 0 saturated heterocycles. The average molecular weight is 152 g/mol. The van der Waals surface area contributed by atoms with E-state index in [0.29, 0.717) is 22.7 Å². The fraction of sp³-hybridized carbons (Fsp3) is 0.900. The van der Waals surface area contributed by atoms with Crippen molar-refractivity contribution in [3.63, 3.8) is 0 Å². The van der Waals surface area contributed by atoms with Gasteiger partial charge in [-0.25, -0.2) is 0 Å². The van der Waals surface area contributed by atoms with Crippen molar-refractivity contribution in [2.75, 3.05) is 0 Å². The van der Waals surface area contributed by atoms with Crippen molar-refractivity contribution >= 4 is 6.29 Å². The van der Waals surface area contributed by atoms with Crippen LogP contribution in [0.4, 0.5) is 0 Å². The monoisotopic (exact) mass is 152 g/mol. The molecule has 3 aliphatic carbocycles. The Morgan fingerprint density at radius 2 is 2.00 bits per heavy atom. The van der Waals surface area contributed by atoms with E-state index in [1.54, 1.807) is 0 Å². The third-order valence-electron chi connectivity index (χ3n) is 4.69. The molecule has 1 nitrogen and oxygen atoms in total. The smallest absolute Gasteiger partial charge is 0.123 e. The van der Waals surface area contributed by atoms with Gasteiger partial charge in [0, 0.05) is 5.92 Å². The Bertz CT molecular complexity index is 207. The number of rotatable bonds is 1. The second-order valence-corrected chi connectivity index (χ2v) is 4.95. The van der Waals surface area contributed by atoms with Crippen molar-refractivity contribution in [3.05, 3.63) is 0 Å². The zero-order valence-electron chi connectivity index (χ0n) is 7.55. The SMILES string of the molecule is CC1(C)[C@@H]2CC[C@@]1(C)[C@H]2C=O. The predicted octanol–water partition coefficient (Wildman–Crippen LogP) is 2.26. The van der Waals surface area contributed by atoms with Crippen molar-refractivity contribution in [2.45, 2.75) is 33.6 Å². The molecule has 0 heterocycles. The molecule has 0 amide bonds. The van der Waals surface area contributed by atoms with Crippen LogP contribution >= 0.6 is 0 Å². The first-order valence-corrected chi connectivity index (χ1v) is 4.49. The number of carbonyl (C=O) groups excluding carboxylic acids is 1. The fourth-order valence-corrected chi connectivity index (χ4v) is 3.38. The molecule has 3 fully saturated rings. The van der Waals surface area contributed by atoms with Crippen LogP contribution in [0.1, 0.15) is 33.6 Å². The summed E-state index contributed by atoms with van der Waals surface area (Å²) in [7, 11) is 0. The van der Waals surface area contributed by atoms with E-state index in [-0.39, 0.29) is 0 Å². The van der Waals surface area contributed by atoms with Gasteiger partial charge in [0.25, 0.3) is 0 Å². The molecule has 0 N–H and O–H groups in total. The maximum absolute atomic E-state index is 10.7. The Balaban J connectivity index is 2.34. The van der Waals surface area contributed by atoms with Crippen LogP contribution in [-0.4, -0.2) is 6.29 Å². The minimum Gasteiger partial charge on any atom is -0.303 e. The van der Waals surface area contributed by atoms with Gasteiger partial charge in [0.05, 0.1) is 0 Å². The molecule has 0 unspecified atom stereocenters. The Labute approximate surface area is 68.2 Å². The van der Waals surface area contributed by atoms with Crippen LogP contribution in [0.5, 0.6) is 0 Å². The van der Waals surface area contributed by atoms with Crippen LogP contribution in [0.3, 0.4) is 0 Å². The van der Waals surface area contributed by atoms with Gasteiger partial charge in [-0.3, -0.25) is 0 Å². The molecule has 1 heteroatoms. The molecule has 0 radical (unpaired) electrons. The van der Waals surface area contributed by atoms with E-state index in [2.05, 4.69) is 20.8 Å². The van der Waals surface area contributed by atoms with E-state index < -0.39 is 0 Å². The highest BCUT2D eigenvalue weighted by atomic mass is 16.1. The Kier molecular flexibility index (Phi) is 1.13. The van der Waals surface area contributed by atoms with Gasteiger partial charge in [0.1, 0.15) is 6.29 Å². The molecule has 3 aliphatic rings. The van der Waals surface area contributed by atoms with Gasteiger partial charge in [0.15, 0.2) is 0 Å². The highest BCUT2D eigenvalue weighted by Gasteiger charge is 2.68. The molecule has 0 aromatic heterocycles. The molecular weight excluding hydrogens is 136 g/mol. The summed E-state index contributed by atoms with van der Waals surface area (Å²) in [5.74, 6) is 1.06. The molecule has 3 atom stereocenters. The highest BCUT2D eigenvalue weighted by molar-refractivity contribution is 5.60. The molecule has 0 aliphatic heterocycles. The first-order valence-electron chi connectivity index (χ1n) is 4.49. The van der Waals surface area contributed by atoms with Gasteiger partial charge in [-0.1, -0.05) is 20.8 Å².